The second kappa shape index (κ2) is 9.24. The fourth-order valence-electron chi connectivity index (χ4n) is 4.94. The molecule has 5 rings (SSSR count). The van der Waals surface area contributed by atoms with E-state index in [-0.39, 0.29) is 29.0 Å². The number of hydrogen-bond donors (Lipinski definition) is 3. The molecule has 0 saturated heterocycles. The number of aliphatic hydroxyl groups is 2. The van der Waals surface area contributed by atoms with Crippen LogP contribution in [0.3, 0.4) is 0 Å². The molecule has 1 amide bonds. The summed E-state index contributed by atoms with van der Waals surface area (Å²) in [4.78, 5) is 17.9. The molecule has 3 N–H and O–H groups in total. The number of fused-ring (bicyclic) bond motifs is 1. The van der Waals surface area contributed by atoms with Gasteiger partial charge in [0.15, 0.2) is 0 Å². The first-order chi connectivity index (χ1) is 17.1. The van der Waals surface area contributed by atoms with Crippen LogP contribution >= 0.6 is 11.3 Å². The average Bonchev–Trinajstić information content (AvgIpc) is 3.51. The van der Waals surface area contributed by atoms with Crippen LogP contribution in [-0.2, 0) is 13.0 Å². The van der Waals surface area contributed by atoms with Crippen molar-refractivity contribution in [2.45, 2.75) is 66.0 Å². The zero-order chi connectivity index (χ0) is 25.9. The number of carbonyl (C=O) groups is 1. The van der Waals surface area contributed by atoms with Crippen molar-refractivity contribution in [3.63, 3.8) is 0 Å². The molecule has 36 heavy (non-hydrogen) atoms. The fourth-order valence-corrected chi connectivity index (χ4v) is 6.28. The Bertz CT molecular complexity index is 1310. The number of hydrogen-bond acceptors (Lipinski definition) is 6. The third-order valence-corrected chi connectivity index (χ3v) is 8.12. The van der Waals surface area contributed by atoms with Crippen LogP contribution < -0.4 is 4.90 Å². The zero-order valence-corrected chi connectivity index (χ0v) is 21.5. The number of benzene rings is 1. The van der Waals surface area contributed by atoms with Crippen LogP contribution in [0.2, 0.25) is 0 Å². The number of amides is 1. The molecule has 1 unspecified atom stereocenters. The van der Waals surface area contributed by atoms with Crippen molar-refractivity contribution >= 4 is 22.2 Å². The monoisotopic (exact) mass is 516 g/mol. The Labute approximate surface area is 212 Å². The van der Waals surface area contributed by atoms with Gasteiger partial charge in [-0.1, -0.05) is 13.8 Å². The third-order valence-electron chi connectivity index (χ3n) is 6.90. The lowest BCUT2D eigenvalue weighted by molar-refractivity contribution is -0.00280. The van der Waals surface area contributed by atoms with E-state index in [0.29, 0.717) is 34.0 Å². The van der Waals surface area contributed by atoms with Gasteiger partial charge < -0.3 is 15.1 Å². The molecule has 1 aliphatic heterocycles. The minimum absolute atomic E-state index is 0.0469. The van der Waals surface area contributed by atoms with Crippen LogP contribution in [-0.4, -0.2) is 50.2 Å². The maximum absolute atomic E-state index is 15.4. The molecule has 0 bridgehead atoms. The van der Waals surface area contributed by atoms with Crippen LogP contribution in [0.1, 0.15) is 64.4 Å². The lowest BCUT2D eigenvalue weighted by Gasteiger charge is -2.42. The van der Waals surface area contributed by atoms with Gasteiger partial charge in [0, 0.05) is 57.9 Å². The molecule has 1 atom stereocenters. The number of thiophene rings is 1. The number of carbonyl (C=O) groups excluding carboxylic acids is 1. The Kier molecular flexibility index (Phi) is 6.38. The van der Waals surface area contributed by atoms with E-state index in [9.17, 15) is 19.4 Å². The molecular weight excluding hydrogens is 486 g/mol. The molecule has 1 fully saturated rings. The Balaban J connectivity index is 1.78. The molecule has 0 radical (unpaired) electrons. The Hall–Kier alpha value is -2.82. The zero-order valence-electron chi connectivity index (χ0n) is 20.7. The molecule has 3 aromatic rings. The van der Waals surface area contributed by atoms with Crippen molar-refractivity contribution in [1.29, 1.82) is 0 Å². The number of aliphatic hydroxyl groups excluding tert-OH is 2. The largest absolute Gasteiger partial charge is 0.392 e. The summed E-state index contributed by atoms with van der Waals surface area (Å²) in [7, 11) is 0. The summed E-state index contributed by atoms with van der Waals surface area (Å²) in [5, 5.41) is 28.8. The summed E-state index contributed by atoms with van der Waals surface area (Å²) in [6.07, 6.45) is 0.872. The van der Waals surface area contributed by atoms with Gasteiger partial charge in [-0.25, -0.2) is 8.78 Å². The molecule has 7 nitrogen and oxygen atoms in total. The number of H-pyrrole nitrogens is 1. The summed E-state index contributed by atoms with van der Waals surface area (Å²) in [5.41, 5.74) is 3.32. The number of rotatable bonds is 7. The predicted molar refractivity (Wildman–Crippen MR) is 134 cm³/mol. The number of anilines is 1. The molecule has 3 heterocycles. The smallest absolute Gasteiger partial charge is 0.261 e. The van der Waals surface area contributed by atoms with Crippen molar-refractivity contribution in [2.24, 2.45) is 5.92 Å². The Morgan fingerprint density at radius 1 is 1.19 bits per heavy atom. The number of aryl methyl sites for hydroxylation is 2. The topological polar surface area (TPSA) is 92.7 Å². The molecule has 192 valence electrons. The molecule has 10 heteroatoms. The normalized spacial score (nSPS) is 17.9. The van der Waals surface area contributed by atoms with E-state index in [1.54, 1.807) is 0 Å². The lowest BCUT2D eigenvalue weighted by atomic mass is 9.94. The predicted octanol–water partition coefficient (Wildman–Crippen LogP) is 4.47. The third kappa shape index (κ3) is 4.10. The maximum Gasteiger partial charge on any atom is 0.261 e. The number of aromatic nitrogens is 2. The van der Waals surface area contributed by atoms with Crippen molar-refractivity contribution < 1.29 is 23.8 Å². The van der Waals surface area contributed by atoms with Gasteiger partial charge in [-0.3, -0.25) is 14.8 Å². The van der Waals surface area contributed by atoms with E-state index >= 15 is 4.39 Å². The van der Waals surface area contributed by atoms with E-state index in [4.69, 9.17) is 0 Å². The number of nitrogens with one attached hydrogen (secondary N) is 1. The summed E-state index contributed by atoms with van der Waals surface area (Å²) in [5.74, 6) is -1.81. The number of nitrogens with zero attached hydrogens (tertiary/aromatic N) is 3. The second-order valence-corrected chi connectivity index (χ2v) is 11.2. The summed E-state index contributed by atoms with van der Waals surface area (Å²) >= 11 is 1.34. The van der Waals surface area contributed by atoms with E-state index in [1.807, 2.05) is 32.6 Å². The number of halogens is 2. The summed E-state index contributed by atoms with van der Waals surface area (Å²) < 4.78 is 29.7. The van der Waals surface area contributed by atoms with Crippen LogP contribution in [0.4, 0.5) is 13.8 Å². The average molecular weight is 517 g/mol. The molecule has 1 aromatic carbocycles. The molecule has 2 aliphatic rings. The van der Waals surface area contributed by atoms with E-state index in [0.717, 1.165) is 35.9 Å². The van der Waals surface area contributed by atoms with Crippen LogP contribution in [0.15, 0.2) is 12.1 Å². The van der Waals surface area contributed by atoms with Crippen LogP contribution in [0.25, 0.3) is 11.1 Å². The highest BCUT2D eigenvalue weighted by Gasteiger charge is 2.47. The minimum Gasteiger partial charge on any atom is -0.392 e. The van der Waals surface area contributed by atoms with Crippen molar-refractivity contribution in [1.82, 2.24) is 15.1 Å². The Morgan fingerprint density at radius 3 is 2.50 bits per heavy atom. The summed E-state index contributed by atoms with van der Waals surface area (Å²) in [6.45, 7) is 7.75. The second-order valence-electron chi connectivity index (χ2n) is 10.1. The van der Waals surface area contributed by atoms with Gasteiger partial charge in [0.1, 0.15) is 16.6 Å². The summed E-state index contributed by atoms with van der Waals surface area (Å²) in [6, 6.07) is 1.98. The maximum atomic E-state index is 15.4. The minimum atomic E-state index is -1.11. The standard InChI is InChI=1S/C26H30F2N4O3S/c1-12(2)10-31-25-23(24(34)32(26(31)35)16-5-6-16)22(18-7-15(11-33)19(27)9-20(18)28)21(36-25)8-17-13(3)29-30-14(17)4/h7,9,12,16,26,33,35H,5-6,8,10-11H2,1-4H3,(H,29,30). The Morgan fingerprint density at radius 2 is 1.92 bits per heavy atom. The molecule has 0 spiro atoms. The lowest BCUT2D eigenvalue weighted by Crippen LogP contribution is -2.56. The van der Waals surface area contributed by atoms with Gasteiger partial charge in [-0.2, -0.15) is 5.10 Å². The molecule has 2 aromatic heterocycles. The van der Waals surface area contributed by atoms with Gasteiger partial charge in [0.25, 0.3) is 5.91 Å². The van der Waals surface area contributed by atoms with E-state index in [1.165, 1.54) is 22.3 Å². The molecular formula is C26H30F2N4O3S. The van der Waals surface area contributed by atoms with Gasteiger partial charge >= 0.3 is 0 Å². The quantitative estimate of drug-likeness (QED) is 0.431. The van der Waals surface area contributed by atoms with Gasteiger partial charge in [-0.15, -0.1) is 11.3 Å². The molecule has 1 aliphatic carbocycles. The van der Waals surface area contributed by atoms with Crippen LogP contribution in [0.5, 0.6) is 0 Å². The highest BCUT2D eigenvalue weighted by atomic mass is 32.1. The SMILES string of the molecule is Cc1n[nH]c(C)c1Cc1sc2c(c1-c1cc(CO)c(F)cc1F)C(=O)N(C1CC1)C(O)N2CC(C)C. The van der Waals surface area contributed by atoms with E-state index in [2.05, 4.69) is 10.2 Å². The van der Waals surface area contributed by atoms with Crippen molar-refractivity contribution in [2.75, 3.05) is 11.4 Å². The van der Waals surface area contributed by atoms with Crippen molar-refractivity contribution in [3.8, 4) is 11.1 Å². The van der Waals surface area contributed by atoms with Gasteiger partial charge in [-0.05, 0) is 38.7 Å². The highest BCUT2D eigenvalue weighted by Crippen LogP contribution is 2.49. The van der Waals surface area contributed by atoms with Gasteiger partial charge in [0.05, 0.1) is 17.9 Å². The van der Waals surface area contributed by atoms with Crippen LogP contribution in [0, 0.1) is 31.4 Å². The fraction of sp³-hybridized carbons (Fsp3) is 0.462. The number of aromatic amines is 1. The van der Waals surface area contributed by atoms with Crippen molar-refractivity contribution in [3.05, 3.63) is 56.7 Å². The van der Waals surface area contributed by atoms with E-state index < -0.39 is 24.6 Å². The molecule has 1 saturated carbocycles. The first kappa shape index (κ1) is 24.9. The highest BCUT2D eigenvalue weighted by molar-refractivity contribution is 7.17. The van der Waals surface area contributed by atoms with Gasteiger partial charge in [0.2, 0.25) is 6.35 Å². The first-order valence-corrected chi connectivity index (χ1v) is 13.0. The first-order valence-electron chi connectivity index (χ1n) is 12.1.